The summed E-state index contributed by atoms with van der Waals surface area (Å²) in [5.74, 6) is -0.333. The first-order valence-corrected chi connectivity index (χ1v) is 6.22. The SMILES string of the molecule is COCc1cccc(C(C#N)Nc2cccc(F)c2)c1. The van der Waals surface area contributed by atoms with Crippen molar-refractivity contribution >= 4 is 5.69 Å². The smallest absolute Gasteiger partial charge is 0.140 e. The maximum atomic E-state index is 13.1. The molecule has 3 nitrogen and oxygen atoms in total. The Labute approximate surface area is 117 Å². The zero-order valence-electron chi connectivity index (χ0n) is 11.1. The third kappa shape index (κ3) is 3.56. The molecule has 0 saturated heterocycles. The molecule has 0 aromatic heterocycles. The molecular formula is C16H15FN2O. The molecule has 0 aliphatic heterocycles. The lowest BCUT2D eigenvalue weighted by Crippen LogP contribution is -2.09. The number of rotatable bonds is 5. The molecule has 0 spiro atoms. The van der Waals surface area contributed by atoms with Gasteiger partial charge in [0.15, 0.2) is 0 Å². The number of anilines is 1. The van der Waals surface area contributed by atoms with Gasteiger partial charge in [-0.15, -0.1) is 0 Å². The number of benzene rings is 2. The molecule has 102 valence electrons. The Morgan fingerprint density at radius 2 is 2.05 bits per heavy atom. The van der Waals surface area contributed by atoms with Crippen molar-refractivity contribution in [2.75, 3.05) is 12.4 Å². The van der Waals surface area contributed by atoms with Crippen LogP contribution in [0.3, 0.4) is 0 Å². The van der Waals surface area contributed by atoms with E-state index >= 15 is 0 Å². The Morgan fingerprint density at radius 3 is 2.75 bits per heavy atom. The van der Waals surface area contributed by atoms with Gasteiger partial charge in [-0.1, -0.05) is 30.3 Å². The highest BCUT2D eigenvalue weighted by Gasteiger charge is 2.11. The van der Waals surface area contributed by atoms with E-state index in [0.29, 0.717) is 12.3 Å². The summed E-state index contributed by atoms with van der Waals surface area (Å²) >= 11 is 0. The minimum atomic E-state index is -0.534. The zero-order chi connectivity index (χ0) is 14.4. The summed E-state index contributed by atoms with van der Waals surface area (Å²) in [7, 11) is 1.62. The quantitative estimate of drug-likeness (QED) is 0.902. The first-order chi connectivity index (χ1) is 9.72. The fourth-order valence-electron chi connectivity index (χ4n) is 1.96. The average molecular weight is 270 g/mol. The molecule has 2 aromatic carbocycles. The van der Waals surface area contributed by atoms with Crippen molar-refractivity contribution in [3.8, 4) is 6.07 Å². The topological polar surface area (TPSA) is 45.0 Å². The van der Waals surface area contributed by atoms with Gasteiger partial charge in [0.2, 0.25) is 0 Å². The lowest BCUT2D eigenvalue weighted by molar-refractivity contribution is 0.185. The Kier molecular flexibility index (Phi) is 4.70. The van der Waals surface area contributed by atoms with Gasteiger partial charge in [0, 0.05) is 12.8 Å². The van der Waals surface area contributed by atoms with Crippen LogP contribution in [0.2, 0.25) is 0 Å². The summed E-state index contributed by atoms with van der Waals surface area (Å²) in [5.41, 5.74) is 2.39. The van der Waals surface area contributed by atoms with Crippen LogP contribution in [-0.2, 0) is 11.3 Å². The number of hydrogen-bond acceptors (Lipinski definition) is 3. The Hall–Kier alpha value is -2.38. The highest BCUT2D eigenvalue weighted by molar-refractivity contribution is 5.47. The second kappa shape index (κ2) is 6.69. The predicted octanol–water partition coefficient (Wildman–Crippen LogP) is 3.65. The van der Waals surface area contributed by atoms with E-state index in [-0.39, 0.29) is 5.82 Å². The van der Waals surface area contributed by atoms with Crippen LogP contribution in [0, 0.1) is 17.1 Å². The second-order valence-corrected chi connectivity index (χ2v) is 4.39. The number of nitriles is 1. The molecule has 20 heavy (non-hydrogen) atoms. The number of methoxy groups -OCH3 is 1. The fourth-order valence-corrected chi connectivity index (χ4v) is 1.96. The zero-order valence-corrected chi connectivity index (χ0v) is 11.1. The molecule has 1 N–H and O–H groups in total. The summed E-state index contributed by atoms with van der Waals surface area (Å²) in [5, 5.41) is 12.3. The van der Waals surface area contributed by atoms with E-state index in [9.17, 15) is 9.65 Å². The van der Waals surface area contributed by atoms with Gasteiger partial charge in [0.05, 0.1) is 12.7 Å². The van der Waals surface area contributed by atoms with Crippen molar-refractivity contribution in [1.82, 2.24) is 0 Å². The van der Waals surface area contributed by atoms with Crippen LogP contribution in [0.1, 0.15) is 17.2 Å². The monoisotopic (exact) mass is 270 g/mol. The van der Waals surface area contributed by atoms with Gasteiger partial charge in [-0.05, 0) is 29.3 Å². The maximum Gasteiger partial charge on any atom is 0.140 e. The van der Waals surface area contributed by atoms with Crippen LogP contribution in [0.15, 0.2) is 48.5 Å². The van der Waals surface area contributed by atoms with Crippen molar-refractivity contribution in [3.63, 3.8) is 0 Å². The van der Waals surface area contributed by atoms with Crippen LogP contribution >= 0.6 is 0 Å². The number of halogens is 1. The van der Waals surface area contributed by atoms with E-state index < -0.39 is 6.04 Å². The molecular weight excluding hydrogens is 255 g/mol. The Balaban J connectivity index is 2.20. The summed E-state index contributed by atoms with van der Waals surface area (Å²) < 4.78 is 18.2. The third-order valence-electron chi connectivity index (χ3n) is 2.86. The van der Waals surface area contributed by atoms with Crippen molar-refractivity contribution < 1.29 is 9.13 Å². The predicted molar refractivity (Wildman–Crippen MR) is 75.5 cm³/mol. The van der Waals surface area contributed by atoms with Crippen molar-refractivity contribution in [3.05, 3.63) is 65.5 Å². The molecule has 0 heterocycles. The highest BCUT2D eigenvalue weighted by atomic mass is 19.1. The Bertz CT molecular complexity index is 622. The molecule has 0 radical (unpaired) electrons. The molecule has 2 aromatic rings. The first kappa shape index (κ1) is 14.0. The van der Waals surface area contributed by atoms with Gasteiger partial charge < -0.3 is 10.1 Å². The standard InChI is InChI=1S/C16H15FN2O/c1-20-11-12-4-2-5-13(8-12)16(10-18)19-15-7-3-6-14(17)9-15/h2-9,16,19H,11H2,1H3. The van der Waals surface area contributed by atoms with Crippen molar-refractivity contribution in [2.45, 2.75) is 12.6 Å². The van der Waals surface area contributed by atoms with E-state index in [1.807, 2.05) is 24.3 Å². The van der Waals surface area contributed by atoms with E-state index in [4.69, 9.17) is 4.74 Å². The summed E-state index contributed by atoms with van der Waals surface area (Å²) in [6, 6.07) is 15.3. The molecule has 0 amide bonds. The molecule has 0 bridgehead atoms. The molecule has 1 atom stereocenters. The maximum absolute atomic E-state index is 13.1. The summed E-state index contributed by atoms with van der Waals surface area (Å²) in [6.07, 6.45) is 0. The largest absolute Gasteiger partial charge is 0.380 e. The molecule has 0 aliphatic rings. The van der Waals surface area contributed by atoms with E-state index in [0.717, 1.165) is 11.1 Å². The number of nitrogens with one attached hydrogen (secondary N) is 1. The number of hydrogen-bond donors (Lipinski definition) is 1. The molecule has 0 fully saturated rings. The average Bonchev–Trinajstić information content (AvgIpc) is 2.45. The van der Waals surface area contributed by atoms with Gasteiger partial charge in [-0.2, -0.15) is 5.26 Å². The van der Waals surface area contributed by atoms with E-state index in [2.05, 4.69) is 11.4 Å². The Morgan fingerprint density at radius 1 is 1.25 bits per heavy atom. The molecule has 4 heteroatoms. The van der Waals surface area contributed by atoms with Crippen LogP contribution in [0.4, 0.5) is 10.1 Å². The molecule has 0 aliphatic carbocycles. The fraction of sp³-hybridized carbons (Fsp3) is 0.188. The number of nitrogens with zero attached hydrogens (tertiary/aromatic N) is 1. The lowest BCUT2D eigenvalue weighted by atomic mass is 10.0. The van der Waals surface area contributed by atoms with Gasteiger partial charge in [-0.25, -0.2) is 4.39 Å². The van der Waals surface area contributed by atoms with Gasteiger partial charge in [-0.3, -0.25) is 0 Å². The first-order valence-electron chi connectivity index (χ1n) is 6.22. The van der Waals surface area contributed by atoms with Crippen LogP contribution in [0.25, 0.3) is 0 Å². The second-order valence-electron chi connectivity index (χ2n) is 4.39. The normalized spacial score (nSPS) is 11.7. The number of ether oxygens (including phenoxy) is 1. The summed E-state index contributed by atoms with van der Waals surface area (Å²) in [4.78, 5) is 0. The van der Waals surface area contributed by atoms with Crippen molar-refractivity contribution in [2.24, 2.45) is 0 Å². The van der Waals surface area contributed by atoms with Gasteiger partial charge in [0.1, 0.15) is 11.9 Å². The molecule has 1 unspecified atom stereocenters. The van der Waals surface area contributed by atoms with E-state index in [1.165, 1.54) is 12.1 Å². The van der Waals surface area contributed by atoms with E-state index in [1.54, 1.807) is 19.2 Å². The summed E-state index contributed by atoms with van der Waals surface area (Å²) in [6.45, 7) is 0.492. The van der Waals surface area contributed by atoms with Crippen molar-refractivity contribution in [1.29, 1.82) is 5.26 Å². The van der Waals surface area contributed by atoms with Crippen LogP contribution in [0.5, 0.6) is 0 Å². The molecule has 2 rings (SSSR count). The van der Waals surface area contributed by atoms with Crippen LogP contribution in [-0.4, -0.2) is 7.11 Å². The lowest BCUT2D eigenvalue weighted by Gasteiger charge is -2.14. The molecule has 0 saturated carbocycles. The minimum absolute atomic E-state index is 0.333. The highest BCUT2D eigenvalue weighted by Crippen LogP contribution is 2.20. The van der Waals surface area contributed by atoms with Gasteiger partial charge >= 0.3 is 0 Å². The third-order valence-corrected chi connectivity index (χ3v) is 2.86. The van der Waals surface area contributed by atoms with Crippen LogP contribution < -0.4 is 5.32 Å². The minimum Gasteiger partial charge on any atom is -0.380 e. The van der Waals surface area contributed by atoms with Gasteiger partial charge in [0.25, 0.3) is 0 Å².